The number of hydrogen-bond acceptors (Lipinski definition) is 1. The number of hydrogen-bond donors (Lipinski definition) is 2. The highest BCUT2D eigenvalue weighted by Crippen LogP contribution is 2.22. The Kier molecular flexibility index (Phi) is 5.51. The highest BCUT2D eigenvalue weighted by atomic mass is 16.2. The Labute approximate surface area is 93.0 Å². The van der Waals surface area contributed by atoms with Crippen LogP contribution in [0.1, 0.15) is 52.4 Å². The van der Waals surface area contributed by atoms with Gasteiger partial charge in [0.15, 0.2) is 0 Å². The summed E-state index contributed by atoms with van der Waals surface area (Å²) in [6.07, 6.45) is 7.09. The number of carbonyl (C=O) groups excluding carboxylic acids is 1. The third kappa shape index (κ3) is 5.05. The molecule has 0 heterocycles. The largest absolute Gasteiger partial charge is 0.338 e. The minimum absolute atomic E-state index is 0.0106. The zero-order chi connectivity index (χ0) is 11.1. The zero-order valence-corrected chi connectivity index (χ0v) is 10.0. The molecule has 15 heavy (non-hydrogen) atoms. The van der Waals surface area contributed by atoms with E-state index in [0.717, 1.165) is 31.7 Å². The quantitative estimate of drug-likeness (QED) is 0.694. The van der Waals surface area contributed by atoms with Crippen LogP contribution in [0.4, 0.5) is 4.79 Å². The summed E-state index contributed by atoms with van der Waals surface area (Å²) in [7, 11) is 0. The first-order valence-corrected chi connectivity index (χ1v) is 6.26. The van der Waals surface area contributed by atoms with Crippen molar-refractivity contribution in [1.29, 1.82) is 0 Å². The second-order valence-electron chi connectivity index (χ2n) is 4.71. The average molecular weight is 212 g/mol. The van der Waals surface area contributed by atoms with Crippen LogP contribution in [0.3, 0.4) is 0 Å². The molecule has 0 spiro atoms. The van der Waals surface area contributed by atoms with E-state index in [4.69, 9.17) is 0 Å². The Balaban J connectivity index is 2.22. The molecule has 88 valence electrons. The van der Waals surface area contributed by atoms with Crippen LogP contribution in [-0.2, 0) is 0 Å². The maximum Gasteiger partial charge on any atom is 0.315 e. The number of amides is 2. The Morgan fingerprint density at radius 2 is 2.07 bits per heavy atom. The van der Waals surface area contributed by atoms with E-state index in [-0.39, 0.29) is 6.03 Å². The normalized spacial score (nSPS) is 26.8. The van der Waals surface area contributed by atoms with Gasteiger partial charge in [-0.05, 0) is 31.6 Å². The lowest BCUT2D eigenvalue weighted by atomic mass is 10.0. The Bertz CT molecular complexity index is 194. The van der Waals surface area contributed by atoms with E-state index in [0.29, 0.717) is 6.04 Å². The Hall–Kier alpha value is -0.730. The van der Waals surface area contributed by atoms with Crippen LogP contribution in [0.2, 0.25) is 0 Å². The monoisotopic (exact) mass is 212 g/mol. The van der Waals surface area contributed by atoms with E-state index >= 15 is 0 Å². The summed E-state index contributed by atoms with van der Waals surface area (Å²) in [5, 5.41) is 5.93. The van der Waals surface area contributed by atoms with Crippen molar-refractivity contribution < 1.29 is 4.79 Å². The standard InChI is InChI=1S/C12H24N2O/c1-3-9-13-12(15)14-11-6-4-5-10(2)7-8-11/h10-11H,3-9H2,1-2H3,(H2,13,14,15). The fourth-order valence-corrected chi connectivity index (χ4v) is 2.11. The van der Waals surface area contributed by atoms with Gasteiger partial charge in [-0.2, -0.15) is 0 Å². The molecule has 0 saturated heterocycles. The summed E-state index contributed by atoms with van der Waals surface area (Å²) >= 11 is 0. The highest BCUT2D eigenvalue weighted by molar-refractivity contribution is 5.74. The molecule has 1 fully saturated rings. The summed E-state index contributed by atoms with van der Waals surface area (Å²) < 4.78 is 0. The topological polar surface area (TPSA) is 41.1 Å². The number of urea groups is 1. The molecule has 1 rings (SSSR count). The SMILES string of the molecule is CCCNC(=O)NC1CCCC(C)CC1. The van der Waals surface area contributed by atoms with Crippen LogP contribution < -0.4 is 10.6 Å². The van der Waals surface area contributed by atoms with Crippen LogP contribution in [0.25, 0.3) is 0 Å². The second kappa shape index (κ2) is 6.70. The third-order valence-electron chi connectivity index (χ3n) is 3.13. The van der Waals surface area contributed by atoms with Crippen molar-refractivity contribution in [3.63, 3.8) is 0 Å². The summed E-state index contributed by atoms with van der Waals surface area (Å²) in [6, 6.07) is 0.406. The molecule has 2 N–H and O–H groups in total. The third-order valence-corrected chi connectivity index (χ3v) is 3.13. The number of carbonyl (C=O) groups is 1. The van der Waals surface area contributed by atoms with Gasteiger partial charge in [0.05, 0.1) is 0 Å². The maximum absolute atomic E-state index is 11.4. The van der Waals surface area contributed by atoms with E-state index in [9.17, 15) is 4.79 Å². The van der Waals surface area contributed by atoms with E-state index in [1.54, 1.807) is 0 Å². The Morgan fingerprint density at radius 3 is 2.80 bits per heavy atom. The van der Waals surface area contributed by atoms with Gasteiger partial charge < -0.3 is 10.6 Å². The van der Waals surface area contributed by atoms with E-state index < -0.39 is 0 Å². The smallest absolute Gasteiger partial charge is 0.315 e. The van der Waals surface area contributed by atoms with Gasteiger partial charge in [0.1, 0.15) is 0 Å². The molecule has 0 aromatic carbocycles. The first kappa shape index (κ1) is 12.3. The van der Waals surface area contributed by atoms with Crippen LogP contribution in [0.15, 0.2) is 0 Å². The first-order chi connectivity index (χ1) is 7.22. The van der Waals surface area contributed by atoms with Crippen LogP contribution >= 0.6 is 0 Å². The molecule has 2 amide bonds. The molecule has 1 saturated carbocycles. The molecule has 0 aromatic rings. The van der Waals surface area contributed by atoms with Gasteiger partial charge in [-0.1, -0.05) is 26.7 Å². The van der Waals surface area contributed by atoms with Gasteiger partial charge in [0.2, 0.25) is 0 Å². The number of rotatable bonds is 3. The lowest BCUT2D eigenvalue weighted by molar-refractivity contribution is 0.235. The molecule has 2 unspecified atom stereocenters. The fraction of sp³-hybridized carbons (Fsp3) is 0.917. The summed E-state index contributed by atoms with van der Waals surface area (Å²) in [4.78, 5) is 11.4. The maximum atomic E-state index is 11.4. The molecule has 1 aliphatic rings. The van der Waals surface area contributed by atoms with Gasteiger partial charge in [-0.15, -0.1) is 0 Å². The fourth-order valence-electron chi connectivity index (χ4n) is 2.11. The molecule has 0 aliphatic heterocycles. The zero-order valence-electron chi connectivity index (χ0n) is 10.0. The van der Waals surface area contributed by atoms with Gasteiger partial charge >= 0.3 is 6.03 Å². The molecule has 3 heteroatoms. The minimum Gasteiger partial charge on any atom is -0.338 e. The second-order valence-corrected chi connectivity index (χ2v) is 4.71. The Morgan fingerprint density at radius 1 is 1.27 bits per heavy atom. The van der Waals surface area contributed by atoms with Crippen LogP contribution in [0, 0.1) is 5.92 Å². The average Bonchev–Trinajstić information content (AvgIpc) is 2.41. The van der Waals surface area contributed by atoms with Crippen molar-refractivity contribution in [3.8, 4) is 0 Å². The molecule has 0 radical (unpaired) electrons. The van der Waals surface area contributed by atoms with Crippen molar-refractivity contribution >= 4 is 6.03 Å². The summed E-state index contributed by atoms with van der Waals surface area (Å²) in [5.74, 6) is 0.829. The van der Waals surface area contributed by atoms with Crippen molar-refractivity contribution in [1.82, 2.24) is 10.6 Å². The van der Waals surface area contributed by atoms with Gasteiger partial charge in [-0.3, -0.25) is 0 Å². The van der Waals surface area contributed by atoms with E-state index in [1.165, 1.54) is 19.3 Å². The van der Waals surface area contributed by atoms with Crippen molar-refractivity contribution in [3.05, 3.63) is 0 Å². The molecule has 2 atom stereocenters. The molecular weight excluding hydrogens is 188 g/mol. The molecule has 0 aromatic heterocycles. The lowest BCUT2D eigenvalue weighted by Crippen LogP contribution is -2.42. The van der Waals surface area contributed by atoms with Gasteiger partial charge in [0, 0.05) is 12.6 Å². The lowest BCUT2D eigenvalue weighted by Gasteiger charge is -2.16. The predicted octanol–water partition coefficient (Wildman–Crippen LogP) is 2.66. The van der Waals surface area contributed by atoms with E-state index in [1.807, 2.05) is 0 Å². The summed E-state index contributed by atoms with van der Waals surface area (Å²) in [5.41, 5.74) is 0. The molecular formula is C12H24N2O. The molecule has 1 aliphatic carbocycles. The van der Waals surface area contributed by atoms with Gasteiger partial charge in [-0.25, -0.2) is 4.79 Å². The van der Waals surface area contributed by atoms with Gasteiger partial charge in [0.25, 0.3) is 0 Å². The number of nitrogens with one attached hydrogen (secondary N) is 2. The van der Waals surface area contributed by atoms with Crippen LogP contribution in [-0.4, -0.2) is 18.6 Å². The molecule has 0 bridgehead atoms. The van der Waals surface area contributed by atoms with Crippen LogP contribution in [0.5, 0.6) is 0 Å². The molecule has 3 nitrogen and oxygen atoms in total. The van der Waals surface area contributed by atoms with Crippen molar-refractivity contribution in [2.45, 2.75) is 58.4 Å². The summed E-state index contributed by atoms with van der Waals surface area (Å²) in [6.45, 7) is 5.14. The van der Waals surface area contributed by atoms with E-state index in [2.05, 4.69) is 24.5 Å². The minimum atomic E-state index is 0.0106. The predicted molar refractivity (Wildman–Crippen MR) is 62.9 cm³/mol. The van der Waals surface area contributed by atoms with Crippen molar-refractivity contribution in [2.75, 3.05) is 6.54 Å². The highest BCUT2D eigenvalue weighted by Gasteiger charge is 2.17. The first-order valence-electron chi connectivity index (χ1n) is 6.26. The van der Waals surface area contributed by atoms with Crippen molar-refractivity contribution in [2.24, 2.45) is 5.92 Å².